The van der Waals surface area contributed by atoms with Crippen molar-refractivity contribution in [2.75, 3.05) is 0 Å². The van der Waals surface area contributed by atoms with Crippen molar-refractivity contribution in [2.45, 2.75) is 40.0 Å². The van der Waals surface area contributed by atoms with Gasteiger partial charge in [-0.25, -0.2) is 0 Å². The fourth-order valence-electron chi connectivity index (χ4n) is 2.70. The normalized spacial score (nSPS) is 12.4. The predicted molar refractivity (Wildman–Crippen MR) is 79.3 cm³/mol. The topological polar surface area (TPSA) is 0 Å². The Bertz CT molecular complexity index is 537. The maximum Gasteiger partial charge on any atom is 0.00663 e. The van der Waals surface area contributed by atoms with Gasteiger partial charge in [-0.3, -0.25) is 0 Å². The van der Waals surface area contributed by atoms with Crippen molar-refractivity contribution in [1.29, 1.82) is 0 Å². The summed E-state index contributed by atoms with van der Waals surface area (Å²) < 4.78 is 0. The molecular formula is C18H22. The molecule has 0 aliphatic rings. The Hall–Kier alpha value is -1.56. The molecule has 1 unspecified atom stereocenters. The molecule has 94 valence electrons. The predicted octanol–water partition coefficient (Wildman–Crippen LogP) is 5.02. The van der Waals surface area contributed by atoms with Crippen LogP contribution in [0.5, 0.6) is 0 Å². The molecule has 2 rings (SSSR count). The first-order valence-corrected chi connectivity index (χ1v) is 6.78. The van der Waals surface area contributed by atoms with Crippen molar-refractivity contribution in [3.05, 3.63) is 70.3 Å². The quantitative estimate of drug-likeness (QED) is 0.704. The van der Waals surface area contributed by atoms with E-state index in [9.17, 15) is 0 Å². The third-order valence-corrected chi connectivity index (χ3v) is 3.80. The molecule has 0 radical (unpaired) electrons. The lowest BCUT2D eigenvalue weighted by Gasteiger charge is -2.19. The van der Waals surface area contributed by atoms with Gasteiger partial charge in [-0.1, -0.05) is 61.9 Å². The van der Waals surface area contributed by atoms with Gasteiger partial charge < -0.3 is 0 Å². The Morgan fingerprint density at radius 2 is 1.67 bits per heavy atom. The fourth-order valence-corrected chi connectivity index (χ4v) is 2.70. The third kappa shape index (κ3) is 2.48. The molecule has 1 atom stereocenters. The number of hydrogen-bond donors (Lipinski definition) is 0. The summed E-state index contributed by atoms with van der Waals surface area (Å²) in [5, 5.41) is 0. The van der Waals surface area contributed by atoms with E-state index in [1.807, 2.05) is 0 Å². The van der Waals surface area contributed by atoms with Gasteiger partial charge in [-0.05, 0) is 42.5 Å². The molecule has 18 heavy (non-hydrogen) atoms. The highest BCUT2D eigenvalue weighted by molar-refractivity contribution is 5.42. The Morgan fingerprint density at radius 1 is 0.944 bits per heavy atom. The van der Waals surface area contributed by atoms with E-state index in [1.165, 1.54) is 27.8 Å². The van der Waals surface area contributed by atoms with Crippen LogP contribution in [0.15, 0.2) is 42.5 Å². The van der Waals surface area contributed by atoms with Gasteiger partial charge in [0, 0.05) is 5.92 Å². The zero-order valence-electron chi connectivity index (χ0n) is 11.8. The zero-order chi connectivity index (χ0) is 13.1. The molecule has 0 spiro atoms. The maximum absolute atomic E-state index is 2.32. The summed E-state index contributed by atoms with van der Waals surface area (Å²) in [6.07, 6.45) is 1.10. The molecule has 2 aromatic carbocycles. The number of hydrogen-bond acceptors (Lipinski definition) is 0. The van der Waals surface area contributed by atoms with Crippen LogP contribution >= 0.6 is 0 Å². The number of aryl methyl sites for hydroxylation is 3. The van der Waals surface area contributed by atoms with Gasteiger partial charge in [-0.2, -0.15) is 0 Å². The van der Waals surface area contributed by atoms with Gasteiger partial charge in [0.2, 0.25) is 0 Å². The lowest BCUT2D eigenvalue weighted by atomic mass is 9.86. The summed E-state index contributed by atoms with van der Waals surface area (Å²) in [6, 6.07) is 15.5. The first kappa shape index (κ1) is 12.9. The lowest BCUT2D eigenvalue weighted by Crippen LogP contribution is -2.02. The van der Waals surface area contributed by atoms with Crippen molar-refractivity contribution in [3.63, 3.8) is 0 Å². The van der Waals surface area contributed by atoms with E-state index in [-0.39, 0.29) is 0 Å². The monoisotopic (exact) mass is 238 g/mol. The smallest absolute Gasteiger partial charge is 0.00663 e. The van der Waals surface area contributed by atoms with Gasteiger partial charge in [0.05, 0.1) is 0 Å². The Kier molecular flexibility index (Phi) is 3.86. The average Bonchev–Trinajstić information content (AvgIpc) is 2.38. The summed E-state index contributed by atoms with van der Waals surface area (Å²) in [5.74, 6) is 0.474. The van der Waals surface area contributed by atoms with Crippen LogP contribution in [0.3, 0.4) is 0 Å². The molecule has 0 fully saturated rings. The molecule has 0 amide bonds. The molecule has 0 heteroatoms. The second-order valence-corrected chi connectivity index (χ2v) is 5.13. The van der Waals surface area contributed by atoms with Crippen LogP contribution in [-0.2, 0) is 6.42 Å². The minimum absolute atomic E-state index is 0.474. The van der Waals surface area contributed by atoms with Crippen LogP contribution in [0.4, 0.5) is 0 Å². The molecule has 2 aromatic rings. The minimum atomic E-state index is 0.474. The molecule has 0 saturated carbocycles. The van der Waals surface area contributed by atoms with E-state index < -0.39 is 0 Å². The Labute approximate surface area is 111 Å². The fraction of sp³-hybridized carbons (Fsp3) is 0.333. The molecule has 0 nitrogen and oxygen atoms in total. The average molecular weight is 238 g/mol. The first-order valence-electron chi connectivity index (χ1n) is 6.78. The first-order chi connectivity index (χ1) is 8.63. The van der Waals surface area contributed by atoms with Crippen molar-refractivity contribution in [2.24, 2.45) is 0 Å². The van der Waals surface area contributed by atoms with Crippen molar-refractivity contribution >= 4 is 0 Å². The van der Waals surface area contributed by atoms with Crippen LogP contribution in [0.25, 0.3) is 0 Å². The highest BCUT2D eigenvalue weighted by Crippen LogP contribution is 2.29. The highest BCUT2D eigenvalue weighted by atomic mass is 14.2. The molecular weight excluding hydrogens is 216 g/mol. The lowest BCUT2D eigenvalue weighted by molar-refractivity contribution is 0.882. The van der Waals surface area contributed by atoms with Crippen LogP contribution in [0.2, 0.25) is 0 Å². The minimum Gasteiger partial charge on any atom is -0.0620 e. The Morgan fingerprint density at radius 3 is 2.33 bits per heavy atom. The molecule has 0 bridgehead atoms. The van der Waals surface area contributed by atoms with Crippen LogP contribution in [0, 0.1) is 13.8 Å². The maximum atomic E-state index is 2.32. The van der Waals surface area contributed by atoms with Crippen molar-refractivity contribution in [3.8, 4) is 0 Å². The van der Waals surface area contributed by atoms with Gasteiger partial charge in [0.25, 0.3) is 0 Å². The van der Waals surface area contributed by atoms with Gasteiger partial charge >= 0.3 is 0 Å². The van der Waals surface area contributed by atoms with Crippen LogP contribution in [-0.4, -0.2) is 0 Å². The molecule has 0 aliphatic carbocycles. The van der Waals surface area contributed by atoms with Crippen LogP contribution in [0.1, 0.15) is 47.6 Å². The Balaban J connectivity index is 2.46. The second kappa shape index (κ2) is 5.39. The van der Waals surface area contributed by atoms with Gasteiger partial charge in [0.1, 0.15) is 0 Å². The van der Waals surface area contributed by atoms with Crippen molar-refractivity contribution < 1.29 is 0 Å². The van der Waals surface area contributed by atoms with E-state index in [0.717, 1.165) is 6.42 Å². The largest absolute Gasteiger partial charge is 0.0620 e. The second-order valence-electron chi connectivity index (χ2n) is 5.13. The molecule has 0 aromatic heterocycles. The van der Waals surface area contributed by atoms with Crippen LogP contribution < -0.4 is 0 Å². The SMILES string of the molecule is CCc1cc(C)ccc1C(C)c1ccccc1C. The standard InChI is InChI=1S/C18H22/c1-5-16-12-13(2)10-11-18(16)15(4)17-9-7-6-8-14(17)3/h6-12,15H,5H2,1-4H3. The summed E-state index contributed by atoms with van der Waals surface area (Å²) >= 11 is 0. The highest BCUT2D eigenvalue weighted by Gasteiger charge is 2.13. The summed E-state index contributed by atoms with van der Waals surface area (Å²) in [4.78, 5) is 0. The summed E-state index contributed by atoms with van der Waals surface area (Å²) in [7, 11) is 0. The van der Waals surface area contributed by atoms with Gasteiger partial charge in [0.15, 0.2) is 0 Å². The van der Waals surface area contributed by atoms with Crippen molar-refractivity contribution in [1.82, 2.24) is 0 Å². The van der Waals surface area contributed by atoms with E-state index >= 15 is 0 Å². The molecule has 0 heterocycles. The van der Waals surface area contributed by atoms with E-state index in [2.05, 4.69) is 70.2 Å². The summed E-state index contributed by atoms with van der Waals surface area (Å²) in [5.41, 5.74) is 7.12. The zero-order valence-corrected chi connectivity index (χ0v) is 11.8. The van der Waals surface area contributed by atoms with Gasteiger partial charge in [-0.15, -0.1) is 0 Å². The molecule has 0 aliphatic heterocycles. The molecule has 0 N–H and O–H groups in total. The number of rotatable bonds is 3. The third-order valence-electron chi connectivity index (χ3n) is 3.80. The van der Waals surface area contributed by atoms with E-state index in [1.54, 1.807) is 0 Å². The molecule has 0 saturated heterocycles. The van der Waals surface area contributed by atoms with E-state index in [4.69, 9.17) is 0 Å². The summed E-state index contributed by atoms with van der Waals surface area (Å²) in [6.45, 7) is 8.92. The van der Waals surface area contributed by atoms with E-state index in [0.29, 0.717) is 5.92 Å². The number of benzene rings is 2.